The SMILES string of the molecule is O=C(O)c1ccc(-c2n[nH]nc2-c2ccccc2)cc1. The lowest BCUT2D eigenvalue weighted by Crippen LogP contribution is -1.95. The summed E-state index contributed by atoms with van der Waals surface area (Å²) in [5.74, 6) is -0.944. The zero-order valence-corrected chi connectivity index (χ0v) is 10.4. The van der Waals surface area contributed by atoms with Crippen molar-refractivity contribution in [3.63, 3.8) is 0 Å². The Morgan fingerprint density at radius 3 is 1.95 bits per heavy atom. The van der Waals surface area contributed by atoms with Crippen LogP contribution in [0.4, 0.5) is 0 Å². The summed E-state index contributed by atoms with van der Waals surface area (Å²) in [6, 6.07) is 16.3. The van der Waals surface area contributed by atoms with Gasteiger partial charge in [0.25, 0.3) is 0 Å². The van der Waals surface area contributed by atoms with E-state index in [4.69, 9.17) is 5.11 Å². The van der Waals surface area contributed by atoms with Crippen LogP contribution in [0.5, 0.6) is 0 Å². The predicted molar refractivity (Wildman–Crippen MR) is 74.2 cm³/mol. The molecule has 0 fully saturated rings. The zero-order chi connectivity index (χ0) is 13.9. The molecule has 0 atom stereocenters. The Balaban J connectivity index is 2.04. The highest BCUT2D eigenvalue weighted by molar-refractivity contribution is 5.88. The third-order valence-corrected chi connectivity index (χ3v) is 3.00. The van der Waals surface area contributed by atoms with E-state index in [1.165, 1.54) is 0 Å². The van der Waals surface area contributed by atoms with Crippen molar-refractivity contribution in [3.8, 4) is 22.5 Å². The van der Waals surface area contributed by atoms with Gasteiger partial charge in [-0.2, -0.15) is 15.4 Å². The molecular weight excluding hydrogens is 254 g/mol. The molecule has 1 heterocycles. The maximum atomic E-state index is 10.9. The first kappa shape index (κ1) is 12.1. The number of rotatable bonds is 3. The van der Waals surface area contributed by atoms with Gasteiger partial charge in [0.2, 0.25) is 0 Å². The first-order valence-corrected chi connectivity index (χ1v) is 6.05. The highest BCUT2D eigenvalue weighted by Gasteiger charge is 2.12. The Morgan fingerprint density at radius 2 is 1.40 bits per heavy atom. The van der Waals surface area contributed by atoms with Gasteiger partial charge < -0.3 is 5.11 Å². The van der Waals surface area contributed by atoms with Crippen molar-refractivity contribution in [1.82, 2.24) is 15.4 Å². The van der Waals surface area contributed by atoms with Gasteiger partial charge in [-0.25, -0.2) is 4.79 Å². The minimum absolute atomic E-state index is 0.249. The number of carboxylic acids is 1. The van der Waals surface area contributed by atoms with Gasteiger partial charge in [0.15, 0.2) is 0 Å². The second-order valence-corrected chi connectivity index (χ2v) is 4.27. The van der Waals surface area contributed by atoms with Crippen molar-refractivity contribution in [3.05, 3.63) is 60.2 Å². The van der Waals surface area contributed by atoms with Crippen LogP contribution < -0.4 is 0 Å². The maximum absolute atomic E-state index is 10.9. The molecule has 0 radical (unpaired) electrons. The Morgan fingerprint density at radius 1 is 0.850 bits per heavy atom. The number of nitrogens with zero attached hydrogens (tertiary/aromatic N) is 2. The van der Waals surface area contributed by atoms with E-state index < -0.39 is 5.97 Å². The molecule has 0 spiro atoms. The Bertz CT molecular complexity index is 733. The van der Waals surface area contributed by atoms with Crippen LogP contribution in [0.15, 0.2) is 54.6 Å². The number of carboxylic acid groups (broad SMARTS) is 1. The van der Waals surface area contributed by atoms with E-state index in [0.29, 0.717) is 5.69 Å². The third kappa shape index (κ3) is 2.16. The summed E-state index contributed by atoms with van der Waals surface area (Å²) in [5, 5.41) is 19.8. The fourth-order valence-corrected chi connectivity index (χ4v) is 2.00. The van der Waals surface area contributed by atoms with Crippen molar-refractivity contribution in [2.24, 2.45) is 0 Å². The number of hydrogen-bond acceptors (Lipinski definition) is 3. The van der Waals surface area contributed by atoms with Crippen LogP contribution in [0.25, 0.3) is 22.5 Å². The summed E-state index contributed by atoms with van der Waals surface area (Å²) < 4.78 is 0. The normalized spacial score (nSPS) is 10.4. The lowest BCUT2D eigenvalue weighted by atomic mass is 10.0. The van der Waals surface area contributed by atoms with Crippen LogP contribution in [0, 0.1) is 0 Å². The fourth-order valence-electron chi connectivity index (χ4n) is 2.00. The molecule has 2 N–H and O–H groups in total. The van der Waals surface area contributed by atoms with E-state index in [9.17, 15) is 4.79 Å². The number of hydrogen-bond donors (Lipinski definition) is 2. The van der Waals surface area contributed by atoms with Gasteiger partial charge in [0.1, 0.15) is 11.4 Å². The fraction of sp³-hybridized carbons (Fsp3) is 0. The van der Waals surface area contributed by atoms with Gasteiger partial charge in [0, 0.05) is 11.1 Å². The van der Waals surface area contributed by atoms with E-state index in [-0.39, 0.29) is 5.56 Å². The lowest BCUT2D eigenvalue weighted by Gasteiger charge is -2.02. The van der Waals surface area contributed by atoms with Crippen molar-refractivity contribution in [2.45, 2.75) is 0 Å². The second kappa shape index (κ2) is 4.97. The number of aromatic nitrogens is 3. The summed E-state index contributed by atoms with van der Waals surface area (Å²) >= 11 is 0. The standard InChI is InChI=1S/C15H11N3O2/c19-15(20)12-8-6-11(7-9-12)14-13(16-18-17-14)10-4-2-1-3-5-10/h1-9H,(H,19,20)(H,16,17,18). The Kier molecular flexibility index (Phi) is 3.01. The number of carbonyl (C=O) groups is 1. The van der Waals surface area contributed by atoms with Crippen molar-refractivity contribution < 1.29 is 9.90 Å². The molecule has 0 aliphatic carbocycles. The number of aromatic amines is 1. The van der Waals surface area contributed by atoms with Crippen LogP contribution in [0.3, 0.4) is 0 Å². The average Bonchev–Trinajstić information content (AvgIpc) is 2.97. The summed E-state index contributed by atoms with van der Waals surface area (Å²) in [6.07, 6.45) is 0. The van der Waals surface area contributed by atoms with E-state index in [2.05, 4.69) is 15.4 Å². The summed E-state index contributed by atoms with van der Waals surface area (Å²) in [7, 11) is 0. The van der Waals surface area contributed by atoms with Crippen molar-refractivity contribution in [1.29, 1.82) is 0 Å². The molecule has 0 bridgehead atoms. The Hall–Kier alpha value is -2.95. The molecule has 0 aliphatic heterocycles. The highest BCUT2D eigenvalue weighted by atomic mass is 16.4. The quantitative estimate of drug-likeness (QED) is 0.763. The molecular formula is C15H11N3O2. The van der Waals surface area contributed by atoms with Gasteiger partial charge in [0.05, 0.1) is 5.56 Å². The topological polar surface area (TPSA) is 78.9 Å². The molecule has 0 amide bonds. The molecule has 98 valence electrons. The molecule has 0 unspecified atom stereocenters. The highest BCUT2D eigenvalue weighted by Crippen LogP contribution is 2.27. The van der Waals surface area contributed by atoms with Gasteiger partial charge in [-0.05, 0) is 12.1 Å². The molecule has 1 aromatic heterocycles. The van der Waals surface area contributed by atoms with Crippen LogP contribution in [-0.4, -0.2) is 26.5 Å². The molecule has 3 rings (SSSR count). The van der Waals surface area contributed by atoms with Crippen LogP contribution in [-0.2, 0) is 0 Å². The largest absolute Gasteiger partial charge is 0.478 e. The minimum Gasteiger partial charge on any atom is -0.478 e. The number of H-pyrrole nitrogens is 1. The van der Waals surface area contributed by atoms with Crippen molar-refractivity contribution >= 4 is 5.97 Å². The van der Waals surface area contributed by atoms with Crippen LogP contribution >= 0.6 is 0 Å². The maximum Gasteiger partial charge on any atom is 0.335 e. The summed E-state index contributed by atoms with van der Waals surface area (Å²) in [5.41, 5.74) is 3.47. The molecule has 0 saturated heterocycles. The zero-order valence-electron chi connectivity index (χ0n) is 10.4. The first-order valence-electron chi connectivity index (χ1n) is 6.05. The van der Waals surface area contributed by atoms with Crippen molar-refractivity contribution in [2.75, 3.05) is 0 Å². The van der Waals surface area contributed by atoms with Crippen LogP contribution in [0.1, 0.15) is 10.4 Å². The van der Waals surface area contributed by atoms with Gasteiger partial charge in [-0.3, -0.25) is 0 Å². The van der Waals surface area contributed by atoms with Gasteiger partial charge in [-0.1, -0.05) is 42.5 Å². The smallest absolute Gasteiger partial charge is 0.335 e. The molecule has 5 heteroatoms. The summed E-state index contributed by atoms with van der Waals surface area (Å²) in [4.78, 5) is 10.9. The minimum atomic E-state index is -0.944. The molecule has 20 heavy (non-hydrogen) atoms. The van der Waals surface area contributed by atoms with Gasteiger partial charge >= 0.3 is 5.97 Å². The number of benzene rings is 2. The van der Waals surface area contributed by atoms with E-state index in [1.54, 1.807) is 24.3 Å². The molecule has 5 nitrogen and oxygen atoms in total. The Labute approximate surface area is 114 Å². The molecule has 2 aromatic carbocycles. The molecule has 0 aliphatic rings. The van der Waals surface area contributed by atoms with Crippen LogP contribution in [0.2, 0.25) is 0 Å². The third-order valence-electron chi connectivity index (χ3n) is 3.00. The number of nitrogens with one attached hydrogen (secondary N) is 1. The molecule has 0 saturated carbocycles. The average molecular weight is 265 g/mol. The monoisotopic (exact) mass is 265 g/mol. The van der Waals surface area contributed by atoms with E-state index in [0.717, 1.165) is 16.8 Å². The van der Waals surface area contributed by atoms with E-state index in [1.807, 2.05) is 30.3 Å². The predicted octanol–water partition coefficient (Wildman–Crippen LogP) is 2.84. The summed E-state index contributed by atoms with van der Waals surface area (Å²) in [6.45, 7) is 0. The number of aromatic carboxylic acids is 1. The second-order valence-electron chi connectivity index (χ2n) is 4.27. The first-order chi connectivity index (χ1) is 9.75. The lowest BCUT2D eigenvalue weighted by molar-refractivity contribution is 0.0697. The van der Waals surface area contributed by atoms with E-state index >= 15 is 0 Å². The van der Waals surface area contributed by atoms with Gasteiger partial charge in [-0.15, -0.1) is 0 Å². The molecule has 3 aromatic rings.